The third kappa shape index (κ3) is 3.27. The van der Waals surface area contributed by atoms with Crippen LogP contribution in [0.4, 0.5) is 5.82 Å². The molecule has 1 aromatic heterocycles. The normalized spacial score (nSPS) is 20.8. The summed E-state index contributed by atoms with van der Waals surface area (Å²) < 4.78 is 23.4. The SMILES string of the molecule is CCc1cc(C(=O)NCC2CCCS2(=O)=O)cc(N)n1. The lowest BCUT2D eigenvalue weighted by Crippen LogP contribution is -2.34. The Labute approximate surface area is 118 Å². The molecular weight excluding hydrogens is 278 g/mol. The highest BCUT2D eigenvalue weighted by atomic mass is 32.2. The van der Waals surface area contributed by atoms with Crippen molar-refractivity contribution in [3.63, 3.8) is 0 Å². The second kappa shape index (κ2) is 5.78. The van der Waals surface area contributed by atoms with Gasteiger partial charge in [0.15, 0.2) is 9.84 Å². The van der Waals surface area contributed by atoms with Crippen LogP contribution >= 0.6 is 0 Å². The van der Waals surface area contributed by atoms with E-state index < -0.39 is 15.1 Å². The Morgan fingerprint density at radius 3 is 2.85 bits per heavy atom. The molecule has 110 valence electrons. The summed E-state index contributed by atoms with van der Waals surface area (Å²) in [4.78, 5) is 16.1. The molecule has 0 bridgehead atoms. The fraction of sp³-hybridized carbons (Fsp3) is 0.538. The van der Waals surface area contributed by atoms with E-state index in [1.807, 2.05) is 6.92 Å². The van der Waals surface area contributed by atoms with Crippen LogP contribution < -0.4 is 11.1 Å². The molecule has 0 aliphatic carbocycles. The van der Waals surface area contributed by atoms with Gasteiger partial charge in [-0.25, -0.2) is 13.4 Å². The summed E-state index contributed by atoms with van der Waals surface area (Å²) in [7, 11) is -3.04. The van der Waals surface area contributed by atoms with Gasteiger partial charge in [-0.15, -0.1) is 0 Å². The highest BCUT2D eigenvalue weighted by Gasteiger charge is 2.31. The molecule has 2 heterocycles. The number of nitrogens with two attached hydrogens (primary N) is 1. The summed E-state index contributed by atoms with van der Waals surface area (Å²) in [5, 5.41) is 2.21. The zero-order valence-electron chi connectivity index (χ0n) is 11.4. The van der Waals surface area contributed by atoms with Crippen LogP contribution in [-0.2, 0) is 16.3 Å². The molecule has 20 heavy (non-hydrogen) atoms. The number of hydrogen-bond donors (Lipinski definition) is 2. The second-order valence-electron chi connectivity index (χ2n) is 4.97. The van der Waals surface area contributed by atoms with Crippen LogP contribution in [0.1, 0.15) is 35.8 Å². The van der Waals surface area contributed by atoms with E-state index in [1.165, 1.54) is 6.07 Å². The van der Waals surface area contributed by atoms with E-state index in [-0.39, 0.29) is 18.2 Å². The van der Waals surface area contributed by atoms with E-state index in [0.29, 0.717) is 30.6 Å². The molecule has 0 radical (unpaired) electrons. The number of nitrogens with one attached hydrogen (secondary N) is 1. The fourth-order valence-corrected chi connectivity index (χ4v) is 4.08. The predicted molar refractivity (Wildman–Crippen MR) is 77.2 cm³/mol. The van der Waals surface area contributed by atoms with Crippen LogP contribution in [0.25, 0.3) is 0 Å². The number of amides is 1. The Bertz CT molecular complexity index is 613. The first-order chi connectivity index (χ1) is 9.42. The van der Waals surface area contributed by atoms with Crippen molar-refractivity contribution in [3.8, 4) is 0 Å². The Morgan fingerprint density at radius 2 is 2.25 bits per heavy atom. The predicted octanol–water partition coefficient (Wildman–Crippen LogP) is 0.533. The van der Waals surface area contributed by atoms with Gasteiger partial charge in [-0.1, -0.05) is 6.92 Å². The van der Waals surface area contributed by atoms with Gasteiger partial charge in [0.1, 0.15) is 5.82 Å². The molecule has 1 fully saturated rings. The average Bonchev–Trinajstić information content (AvgIpc) is 2.74. The van der Waals surface area contributed by atoms with Gasteiger partial charge in [0.05, 0.1) is 11.0 Å². The van der Waals surface area contributed by atoms with Crippen LogP contribution in [0.15, 0.2) is 12.1 Å². The van der Waals surface area contributed by atoms with Gasteiger partial charge in [-0.3, -0.25) is 4.79 Å². The van der Waals surface area contributed by atoms with Gasteiger partial charge < -0.3 is 11.1 Å². The van der Waals surface area contributed by atoms with Crippen LogP contribution in [0, 0.1) is 0 Å². The van der Waals surface area contributed by atoms with Crippen molar-refractivity contribution < 1.29 is 13.2 Å². The number of sulfone groups is 1. The lowest BCUT2D eigenvalue weighted by Gasteiger charge is -2.11. The van der Waals surface area contributed by atoms with Crippen LogP contribution in [0.3, 0.4) is 0 Å². The Morgan fingerprint density at radius 1 is 1.50 bits per heavy atom. The Hall–Kier alpha value is -1.63. The number of aromatic nitrogens is 1. The average molecular weight is 297 g/mol. The van der Waals surface area contributed by atoms with E-state index in [2.05, 4.69) is 10.3 Å². The van der Waals surface area contributed by atoms with Crippen molar-refractivity contribution >= 4 is 21.6 Å². The molecule has 1 saturated heterocycles. The molecule has 1 aliphatic heterocycles. The van der Waals surface area contributed by atoms with Crippen molar-refractivity contribution in [2.24, 2.45) is 0 Å². The van der Waals surface area contributed by atoms with Gasteiger partial charge in [-0.05, 0) is 31.4 Å². The lowest BCUT2D eigenvalue weighted by molar-refractivity contribution is 0.0953. The van der Waals surface area contributed by atoms with E-state index in [4.69, 9.17) is 5.73 Å². The van der Waals surface area contributed by atoms with E-state index in [9.17, 15) is 13.2 Å². The summed E-state index contributed by atoms with van der Waals surface area (Å²) in [5.41, 5.74) is 6.81. The maximum absolute atomic E-state index is 12.0. The van der Waals surface area contributed by atoms with Gasteiger partial charge in [0.25, 0.3) is 5.91 Å². The molecule has 1 aromatic rings. The molecule has 0 aromatic carbocycles. The second-order valence-corrected chi connectivity index (χ2v) is 7.37. The molecule has 2 rings (SSSR count). The number of aryl methyl sites for hydroxylation is 1. The maximum atomic E-state index is 12.0. The van der Waals surface area contributed by atoms with Crippen molar-refractivity contribution in [3.05, 3.63) is 23.4 Å². The highest BCUT2D eigenvalue weighted by Crippen LogP contribution is 2.19. The number of carbonyl (C=O) groups excluding carboxylic acids is 1. The standard InChI is InChI=1S/C13H19N3O3S/c1-2-10-6-9(7-12(14)16-10)13(17)15-8-11-4-3-5-20(11,18)19/h6-7,11H,2-5,8H2,1H3,(H2,14,16)(H,15,17). The summed E-state index contributed by atoms with van der Waals surface area (Å²) in [5.74, 6) is 0.203. The number of hydrogen-bond acceptors (Lipinski definition) is 5. The zero-order chi connectivity index (χ0) is 14.8. The van der Waals surface area contributed by atoms with E-state index in [1.54, 1.807) is 6.07 Å². The van der Waals surface area contributed by atoms with Gasteiger partial charge in [0.2, 0.25) is 0 Å². The minimum Gasteiger partial charge on any atom is -0.384 e. The number of nitrogen functional groups attached to an aromatic ring is 1. The zero-order valence-corrected chi connectivity index (χ0v) is 12.2. The summed E-state index contributed by atoms with van der Waals surface area (Å²) in [6.45, 7) is 2.08. The molecule has 3 N–H and O–H groups in total. The minimum absolute atomic E-state index is 0.158. The van der Waals surface area contributed by atoms with Gasteiger partial charge in [0, 0.05) is 17.8 Å². The number of anilines is 1. The quantitative estimate of drug-likeness (QED) is 0.844. The molecule has 0 saturated carbocycles. The first kappa shape index (κ1) is 14.8. The van der Waals surface area contributed by atoms with E-state index in [0.717, 1.165) is 5.69 Å². The molecule has 6 nitrogen and oxygen atoms in total. The van der Waals surface area contributed by atoms with Crippen LogP contribution in [-0.4, -0.2) is 36.9 Å². The summed E-state index contributed by atoms with van der Waals surface area (Å²) >= 11 is 0. The Kier molecular flexibility index (Phi) is 4.27. The van der Waals surface area contributed by atoms with Crippen molar-refractivity contribution in [1.82, 2.24) is 10.3 Å². The van der Waals surface area contributed by atoms with E-state index >= 15 is 0 Å². The fourth-order valence-electron chi connectivity index (χ4n) is 2.32. The number of rotatable bonds is 4. The molecule has 1 atom stereocenters. The number of pyridine rings is 1. The van der Waals surface area contributed by atoms with Crippen molar-refractivity contribution in [2.75, 3.05) is 18.0 Å². The number of carbonyl (C=O) groups is 1. The minimum atomic E-state index is -3.04. The largest absolute Gasteiger partial charge is 0.384 e. The molecule has 0 spiro atoms. The Balaban J connectivity index is 2.04. The summed E-state index contributed by atoms with van der Waals surface area (Å²) in [6.07, 6.45) is 1.97. The van der Waals surface area contributed by atoms with Crippen LogP contribution in [0.5, 0.6) is 0 Å². The topological polar surface area (TPSA) is 102 Å². The molecule has 1 amide bonds. The summed E-state index contributed by atoms with van der Waals surface area (Å²) in [6, 6.07) is 3.17. The molecular formula is C13H19N3O3S. The third-order valence-corrected chi connectivity index (χ3v) is 5.75. The highest BCUT2D eigenvalue weighted by molar-refractivity contribution is 7.92. The first-order valence-electron chi connectivity index (χ1n) is 6.68. The lowest BCUT2D eigenvalue weighted by atomic mass is 10.1. The number of nitrogens with zero attached hydrogens (tertiary/aromatic N) is 1. The van der Waals surface area contributed by atoms with Gasteiger partial charge in [-0.2, -0.15) is 0 Å². The molecule has 7 heteroatoms. The third-order valence-electron chi connectivity index (χ3n) is 3.48. The molecule has 1 aliphatic rings. The van der Waals surface area contributed by atoms with Crippen LogP contribution in [0.2, 0.25) is 0 Å². The maximum Gasteiger partial charge on any atom is 0.251 e. The van der Waals surface area contributed by atoms with Crippen molar-refractivity contribution in [2.45, 2.75) is 31.4 Å². The smallest absolute Gasteiger partial charge is 0.251 e. The molecule has 1 unspecified atom stereocenters. The monoisotopic (exact) mass is 297 g/mol. The van der Waals surface area contributed by atoms with Crippen molar-refractivity contribution in [1.29, 1.82) is 0 Å². The van der Waals surface area contributed by atoms with Gasteiger partial charge >= 0.3 is 0 Å². The first-order valence-corrected chi connectivity index (χ1v) is 8.40.